The van der Waals surface area contributed by atoms with E-state index >= 15 is 0 Å². The molecule has 0 bridgehead atoms. The van der Waals surface area contributed by atoms with Gasteiger partial charge in [0.1, 0.15) is 0 Å². The first-order valence-corrected chi connectivity index (χ1v) is 6.43. The number of fused-ring (bicyclic) bond motifs is 1. The van der Waals surface area contributed by atoms with E-state index in [1.54, 1.807) is 12.1 Å². The van der Waals surface area contributed by atoms with E-state index < -0.39 is 11.6 Å². The number of carbonyl (C=O) groups excluding carboxylic acids is 1. The molecule has 2 aromatic carbocycles. The van der Waals surface area contributed by atoms with E-state index in [0.717, 1.165) is 24.1 Å². The third kappa shape index (κ3) is 2.27. The largest absolute Gasteiger partial charge is 0.289 e. The quantitative estimate of drug-likeness (QED) is 0.710. The van der Waals surface area contributed by atoms with Crippen molar-refractivity contribution in [2.45, 2.75) is 12.8 Å². The third-order valence-corrected chi connectivity index (χ3v) is 3.50. The van der Waals surface area contributed by atoms with Crippen LogP contribution in [0.25, 0.3) is 6.08 Å². The smallest absolute Gasteiger partial charge is 0.189 e. The molecule has 2 aromatic rings. The lowest BCUT2D eigenvalue weighted by Gasteiger charge is -2.17. The first-order valence-electron chi connectivity index (χ1n) is 6.43. The van der Waals surface area contributed by atoms with Gasteiger partial charge in [-0.05, 0) is 42.2 Å². The maximum absolute atomic E-state index is 13.2. The maximum Gasteiger partial charge on any atom is 0.189 e. The van der Waals surface area contributed by atoms with E-state index in [1.165, 1.54) is 6.07 Å². The molecule has 0 radical (unpaired) electrons. The molecule has 3 heteroatoms. The molecule has 1 aliphatic carbocycles. The Kier molecular flexibility index (Phi) is 3.18. The first-order chi connectivity index (χ1) is 9.65. The number of Topliss-reactive ketones (excluding diaryl/α,β-unsaturated/α-hetero) is 1. The van der Waals surface area contributed by atoms with E-state index in [4.69, 9.17) is 0 Å². The van der Waals surface area contributed by atoms with Crippen molar-refractivity contribution < 1.29 is 13.6 Å². The Morgan fingerprint density at radius 1 is 0.950 bits per heavy atom. The van der Waals surface area contributed by atoms with Gasteiger partial charge < -0.3 is 0 Å². The molecule has 0 heterocycles. The number of benzene rings is 2. The summed E-state index contributed by atoms with van der Waals surface area (Å²) in [6.45, 7) is 0. The zero-order valence-corrected chi connectivity index (χ0v) is 10.7. The minimum Gasteiger partial charge on any atom is -0.289 e. The minimum atomic E-state index is -0.900. The second-order valence-corrected chi connectivity index (χ2v) is 4.83. The van der Waals surface area contributed by atoms with E-state index in [0.29, 0.717) is 23.1 Å². The minimum absolute atomic E-state index is 0.0309. The summed E-state index contributed by atoms with van der Waals surface area (Å²) in [7, 11) is 0. The Hall–Kier alpha value is -2.29. The molecule has 0 N–H and O–H groups in total. The average Bonchev–Trinajstić information content (AvgIpc) is 2.46. The average molecular weight is 270 g/mol. The SMILES string of the molecule is O=C1/C(=C/c2ccc(F)c(F)c2)CCc2ccccc21. The molecule has 20 heavy (non-hydrogen) atoms. The molecule has 1 aliphatic rings. The van der Waals surface area contributed by atoms with Crippen molar-refractivity contribution in [3.8, 4) is 0 Å². The van der Waals surface area contributed by atoms with Gasteiger partial charge in [0.15, 0.2) is 17.4 Å². The van der Waals surface area contributed by atoms with Crippen molar-refractivity contribution in [3.05, 3.63) is 76.4 Å². The summed E-state index contributed by atoms with van der Waals surface area (Å²) in [5, 5.41) is 0. The summed E-state index contributed by atoms with van der Waals surface area (Å²) in [6.07, 6.45) is 3.05. The van der Waals surface area contributed by atoms with Crippen LogP contribution < -0.4 is 0 Å². The monoisotopic (exact) mass is 270 g/mol. The van der Waals surface area contributed by atoms with Gasteiger partial charge in [-0.2, -0.15) is 0 Å². The molecule has 0 atom stereocenters. The molecule has 100 valence electrons. The Bertz CT molecular complexity index is 717. The highest BCUT2D eigenvalue weighted by Gasteiger charge is 2.21. The van der Waals surface area contributed by atoms with Gasteiger partial charge in [-0.15, -0.1) is 0 Å². The van der Waals surface area contributed by atoms with Gasteiger partial charge in [-0.1, -0.05) is 30.3 Å². The Morgan fingerprint density at radius 3 is 2.55 bits per heavy atom. The highest BCUT2D eigenvalue weighted by atomic mass is 19.2. The summed E-state index contributed by atoms with van der Waals surface area (Å²) >= 11 is 0. The summed E-state index contributed by atoms with van der Waals surface area (Å²) in [6, 6.07) is 11.1. The highest BCUT2D eigenvalue weighted by Crippen LogP contribution is 2.26. The second kappa shape index (κ2) is 5.00. The summed E-state index contributed by atoms with van der Waals surface area (Å²) in [4.78, 5) is 12.3. The van der Waals surface area contributed by atoms with Crippen LogP contribution in [-0.2, 0) is 6.42 Å². The predicted molar refractivity (Wildman–Crippen MR) is 73.4 cm³/mol. The zero-order chi connectivity index (χ0) is 14.1. The van der Waals surface area contributed by atoms with Gasteiger partial charge >= 0.3 is 0 Å². The summed E-state index contributed by atoms with van der Waals surface area (Å²) < 4.78 is 26.1. The van der Waals surface area contributed by atoms with Crippen LogP contribution in [0, 0.1) is 11.6 Å². The van der Waals surface area contributed by atoms with Crippen LogP contribution in [0.1, 0.15) is 27.9 Å². The number of halogens is 2. The van der Waals surface area contributed by atoms with Gasteiger partial charge in [0, 0.05) is 11.1 Å². The third-order valence-electron chi connectivity index (χ3n) is 3.50. The van der Waals surface area contributed by atoms with Crippen LogP contribution >= 0.6 is 0 Å². The van der Waals surface area contributed by atoms with Gasteiger partial charge in [0.05, 0.1) is 0 Å². The van der Waals surface area contributed by atoms with Crippen molar-refractivity contribution in [2.24, 2.45) is 0 Å². The zero-order valence-electron chi connectivity index (χ0n) is 10.7. The number of hydrogen-bond acceptors (Lipinski definition) is 1. The fraction of sp³-hybridized carbons (Fsp3) is 0.118. The molecule has 0 fully saturated rings. The lowest BCUT2D eigenvalue weighted by Crippen LogP contribution is -2.13. The number of rotatable bonds is 1. The molecule has 0 saturated carbocycles. The maximum atomic E-state index is 13.2. The van der Waals surface area contributed by atoms with Gasteiger partial charge in [0.25, 0.3) is 0 Å². The van der Waals surface area contributed by atoms with Crippen LogP contribution in [0.4, 0.5) is 8.78 Å². The van der Waals surface area contributed by atoms with Gasteiger partial charge in [-0.3, -0.25) is 4.79 Å². The van der Waals surface area contributed by atoms with Crippen LogP contribution in [0.3, 0.4) is 0 Å². The van der Waals surface area contributed by atoms with E-state index in [1.807, 2.05) is 18.2 Å². The highest BCUT2D eigenvalue weighted by molar-refractivity contribution is 6.13. The van der Waals surface area contributed by atoms with Crippen LogP contribution in [0.15, 0.2) is 48.0 Å². The first kappa shape index (κ1) is 12.7. The normalized spacial score (nSPS) is 16.3. The molecule has 0 saturated heterocycles. The summed E-state index contributed by atoms with van der Waals surface area (Å²) in [5.74, 6) is -1.81. The lowest BCUT2D eigenvalue weighted by atomic mass is 9.86. The van der Waals surface area contributed by atoms with Crippen LogP contribution in [0.2, 0.25) is 0 Å². The molecular formula is C17H12F2O. The van der Waals surface area contributed by atoms with E-state index in [2.05, 4.69) is 0 Å². The van der Waals surface area contributed by atoms with E-state index in [-0.39, 0.29) is 5.78 Å². The number of ketones is 1. The fourth-order valence-electron chi connectivity index (χ4n) is 2.46. The molecule has 0 unspecified atom stereocenters. The van der Waals surface area contributed by atoms with Crippen molar-refractivity contribution in [1.82, 2.24) is 0 Å². The van der Waals surface area contributed by atoms with Gasteiger partial charge in [0.2, 0.25) is 0 Å². The van der Waals surface area contributed by atoms with Crippen molar-refractivity contribution in [2.75, 3.05) is 0 Å². The molecule has 1 nitrogen and oxygen atoms in total. The molecule has 0 aromatic heterocycles. The number of hydrogen-bond donors (Lipinski definition) is 0. The summed E-state index contributed by atoms with van der Waals surface area (Å²) in [5.41, 5.74) is 2.88. The van der Waals surface area contributed by atoms with Crippen molar-refractivity contribution >= 4 is 11.9 Å². The standard InChI is InChI=1S/C17H12F2O/c18-15-8-5-11(10-16(15)19)9-13-7-6-12-3-1-2-4-14(12)17(13)20/h1-5,8-10H,6-7H2/b13-9+. The molecule has 3 rings (SSSR count). The molecule has 0 spiro atoms. The van der Waals surface area contributed by atoms with Crippen LogP contribution in [0.5, 0.6) is 0 Å². The van der Waals surface area contributed by atoms with Gasteiger partial charge in [-0.25, -0.2) is 8.78 Å². The van der Waals surface area contributed by atoms with Crippen LogP contribution in [-0.4, -0.2) is 5.78 Å². The molecule has 0 amide bonds. The number of aryl methyl sites for hydroxylation is 1. The van der Waals surface area contributed by atoms with Crippen molar-refractivity contribution in [3.63, 3.8) is 0 Å². The fourth-order valence-corrected chi connectivity index (χ4v) is 2.46. The second-order valence-electron chi connectivity index (χ2n) is 4.83. The lowest BCUT2D eigenvalue weighted by molar-refractivity contribution is 0.102. The van der Waals surface area contributed by atoms with Crippen molar-refractivity contribution in [1.29, 1.82) is 0 Å². The Morgan fingerprint density at radius 2 is 1.75 bits per heavy atom. The molecule has 0 aliphatic heterocycles. The predicted octanol–water partition coefficient (Wildman–Crippen LogP) is 4.18. The Balaban J connectivity index is 1.97. The number of carbonyl (C=O) groups is 1. The Labute approximate surface area is 115 Å². The number of allylic oxidation sites excluding steroid dienone is 1. The van der Waals surface area contributed by atoms with E-state index in [9.17, 15) is 13.6 Å². The molecular weight excluding hydrogens is 258 g/mol. The topological polar surface area (TPSA) is 17.1 Å².